The van der Waals surface area contributed by atoms with E-state index < -0.39 is 0 Å². The number of ether oxygens (including phenoxy) is 3. The molecule has 3 rings (SSSR count). The number of hydrogen-bond donors (Lipinski definition) is 0. The van der Waals surface area contributed by atoms with E-state index in [1.54, 1.807) is 45.4 Å². The SMILES string of the molecule is COc1cc(OC)cc(Oc2nc(Cl)cc3onc(C)c23)c1. The quantitative estimate of drug-likeness (QED) is 0.677. The van der Waals surface area contributed by atoms with Gasteiger partial charge in [-0.3, -0.25) is 0 Å². The zero-order chi connectivity index (χ0) is 15.7. The number of rotatable bonds is 4. The van der Waals surface area contributed by atoms with E-state index in [1.165, 1.54) is 0 Å². The molecule has 3 aromatic rings. The highest BCUT2D eigenvalue weighted by Crippen LogP contribution is 2.35. The Kier molecular flexibility index (Phi) is 3.77. The Balaban J connectivity index is 2.08. The zero-order valence-electron chi connectivity index (χ0n) is 12.2. The molecule has 0 bridgehead atoms. The molecule has 0 atom stereocenters. The van der Waals surface area contributed by atoms with Crippen LogP contribution in [0.4, 0.5) is 0 Å². The van der Waals surface area contributed by atoms with Gasteiger partial charge >= 0.3 is 0 Å². The molecular weight excluding hydrogens is 308 g/mol. The second-order valence-electron chi connectivity index (χ2n) is 4.54. The number of methoxy groups -OCH3 is 2. The maximum Gasteiger partial charge on any atom is 0.233 e. The molecular formula is C15H13ClN2O4. The van der Waals surface area contributed by atoms with Gasteiger partial charge < -0.3 is 18.7 Å². The van der Waals surface area contributed by atoms with Crippen LogP contribution in [0.5, 0.6) is 23.1 Å². The number of hydrogen-bond acceptors (Lipinski definition) is 6. The summed E-state index contributed by atoms with van der Waals surface area (Å²) in [4.78, 5) is 4.20. The summed E-state index contributed by atoms with van der Waals surface area (Å²) in [5, 5.41) is 4.83. The summed E-state index contributed by atoms with van der Waals surface area (Å²) in [6, 6.07) is 6.79. The summed E-state index contributed by atoms with van der Waals surface area (Å²) in [5.41, 5.74) is 1.19. The maximum absolute atomic E-state index is 5.99. The zero-order valence-corrected chi connectivity index (χ0v) is 13.0. The average Bonchev–Trinajstić information content (AvgIpc) is 2.87. The van der Waals surface area contributed by atoms with Gasteiger partial charge in [0.15, 0.2) is 5.58 Å². The van der Waals surface area contributed by atoms with Crippen LogP contribution in [-0.4, -0.2) is 24.4 Å². The average molecular weight is 321 g/mol. The number of halogens is 1. The Morgan fingerprint density at radius 2 is 1.64 bits per heavy atom. The topological polar surface area (TPSA) is 66.6 Å². The van der Waals surface area contributed by atoms with Gasteiger partial charge in [-0.25, -0.2) is 4.98 Å². The molecule has 1 aromatic carbocycles. The van der Waals surface area contributed by atoms with Crippen LogP contribution in [0, 0.1) is 6.92 Å². The van der Waals surface area contributed by atoms with Crippen LogP contribution < -0.4 is 14.2 Å². The lowest BCUT2D eigenvalue weighted by Gasteiger charge is -2.10. The number of pyridine rings is 1. The van der Waals surface area contributed by atoms with E-state index in [1.807, 2.05) is 0 Å². The van der Waals surface area contributed by atoms with Gasteiger partial charge in [0.1, 0.15) is 27.8 Å². The van der Waals surface area contributed by atoms with Crippen molar-refractivity contribution in [3.05, 3.63) is 35.1 Å². The fourth-order valence-electron chi connectivity index (χ4n) is 2.06. The molecule has 0 aliphatic rings. The third-order valence-electron chi connectivity index (χ3n) is 3.10. The van der Waals surface area contributed by atoms with Crippen LogP contribution >= 0.6 is 11.6 Å². The van der Waals surface area contributed by atoms with E-state index in [2.05, 4.69) is 10.1 Å². The summed E-state index contributed by atoms with van der Waals surface area (Å²) < 4.78 is 21.5. The lowest BCUT2D eigenvalue weighted by atomic mass is 10.2. The summed E-state index contributed by atoms with van der Waals surface area (Å²) in [6.07, 6.45) is 0. The monoisotopic (exact) mass is 320 g/mol. The number of nitrogens with zero attached hydrogens (tertiary/aromatic N) is 2. The van der Waals surface area contributed by atoms with Crippen molar-refractivity contribution in [1.82, 2.24) is 10.1 Å². The van der Waals surface area contributed by atoms with Crippen LogP contribution in [0.3, 0.4) is 0 Å². The minimum absolute atomic E-state index is 0.258. The third kappa shape index (κ3) is 2.65. The van der Waals surface area contributed by atoms with Gasteiger partial charge in [-0.1, -0.05) is 16.8 Å². The maximum atomic E-state index is 5.99. The highest BCUT2D eigenvalue weighted by molar-refractivity contribution is 6.30. The molecule has 0 unspecified atom stereocenters. The summed E-state index contributed by atoms with van der Waals surface area (Å²) in [5.74, 6) is 2.04. The van der Waals surface area contributed by atoms with Gasteiger partial charge in [0.05, 0.1) is 19.9 Å². The highest BCUT2D eigenvalue weighted by Gasteiger charge is 2.15. The molecule has 0 radical (unpaired) electrons. The number of benzene rings is 1. The van der Waals surface area contributed by atoms with Crippen molar-refractivity contribution in [2.75, 3.05) is 14.2 Å². The Labute approximate surface area is 131 Å². The molecule has 114 valence electrons. The van der Waals surface area contributed by atoms with Gasteiger partial charge in [-0.15, -0.1) is 0 Å². The van der Waals surface area contributed by atoms with Crippen molar-refractivity contribution in [1.29, 1.82) is 0 Å². The van der Waals surface area contributed by atoms with Crippen LogP contribution in [0.2, 0.25) is 5.15 Å². The normalized spacial score (nSPS) is 10.7. The molecule has 0 aliphatic heterocycles. The first-order chi connectivity index (χ1) is 10.6. The largest absolute Gasteiger partial charge is 0.496 e. The van der Waals surface area contributed by atoms with Crippen molar-refractivity contribution in [2.24, 2.45) is 0 Å². The van der Waals surface area contributed by atoms with Crippen molar-refractivity contribution >= 4 is 22.6 Å². The van der Waals surface area contributed by atoms with Gasteiger partial charge in [-0.2, -0.15) is 0 Å². The molecule has 7 heteroatoms. The minimum Gasteiger partial charge on any atom is -0.496 e. The molecule has 0 spiro atoms. The molecule has 0 saturated heterocycles. The van der Waals surface area contributed by atoms with Crippen molar-refractivity contribution in [2.45, 2.75) is 6.92 Å². The van der Waals surface area contributed by atoms with Crippen molar-refractivity contribution in [3.63, 3.8) is 0 Å². The number of aromatic nitrogens is 2. The van der Waals surface area contributed by atoms with Gasteiger partial charge in [0.2, 0.25) is 5.88 Å². The Hall–Kier alpha value is -2.47. The van der Waals surface area contributed by atoms with Crippen LogP contribution in [0.15, 0.2) is 28.8 Å². The minimum atomic E-state index is 0.258. The number of aryl methyl sites for hydroxylation is 1. The van der Waals surface area contributed by atoms with Crippen molar-refractivity contribution < 1.29 is 18.7 Å². The van der Waals surface area contributed by atoms with Crippen LogP contribution in [0.25, 0.3) is 11.0 Å². The standard InChI is InChI=1S/C15H13ClN2O4/c1-8-14-12(22-18-8)7-13(16)17-15(14)21-11-5-9(19-2)4-10(6-11)20-3/h4-7H,1-3H3. The predicted octanol–water partition coefficient (Wildman–Crippen LogP) is 3.99. The first-order valence-electron chi connectivity index (χ1n) is 6.44. The van der Waals surface area contributed by atoms with E-state index in [-0.39, 0.29) is 5.15 Å². The fraction of sp³-hybridized carbons (Fsp3) is 0.200. The molecule has 0 saturated carbocycles. The van der Waals surface area contributed by atoms with Crippen LogP contribution in [-0.2, 0) is 0 Å². The smallest absolute Gasteiger partial charge is 0.233 e. The molecule has 0 amide bonds. The predicted molar refractivity (Wildman–Crippen MR) is 81.2 cm³/mol. The van der Waals surface area contributed by atoms with Gasteiger partial charge in [-0.05, 0) is 6.92 Å². The Morgan fingerprint density at radius 3 is 2.27 bits per heavy atom. The van der Waals surface area contributed by atoms with E-state index in [9.17, 15) is 0 Å². The first-order valence-corrected chi connectivity index (χ1v) is 6.82. The van der Waals surface area contributed by atoms with E-state index in [0.717, 1.165) is 0 Å². The molecule has 2 heterocycles. The summed E-state index contributed by atoms with van der Waals surface area (Å²) in [7, 11) is 3.14. The van der Waals surface area contributed by atoms with E-state index in [0.29, 0.717) is 39.8 Å². The first kappa shape index (κ1) is 14.5. The van der Waals surface area contributed by atoms with Crippen molar-refractivity contribution in [3.8, 4) is 23.1 Å². The molecule has 6 nitrogen and oxygen atoms in total. The Bertz CT molecular complexity index is 810. The van der Waals surface area contributed by atoms with Gasteiger partial charge in [0.25, 0.3) is 0 Å². The van der Waals surface area contributed by atoms with E-state index in [4.69, 9.17) is 30.3 Å². The Morgan fingerprint density at radius 1 is 1.00 bits per heavy atom. The summed E-state index contributed by atoms with van der Waals surface area (Å²) in [6.45, 7) is 1.81. The molecule has 0 N–H and O–H groups in total. The molecule has 0 fully saturated rings. The fourth-order valence-corrected chi connectivity index (χ4v) is 2.24. The number of fused-ring (bicyclic) bond motifs is 1. The highest BCUT2D eigenvalue weighted by atomic mass is 35.5. The van der Waals surface area contributed by atoms with Gasteiger partial charge in [0, 0.05) is 24.3 Å². The molecule has 22 heavy (non-hydrogen) atoms. The summed E-state index contributed by atoms with van der Waals surface area (Å²) >= 11 is 5.99. The van der Waals surface area contributed by atoms with Crippen LogP contribution in [0.1, 0.15) is 5.69 Å². The molecule has 0 aliphatic carbocycles. The lowest BCUT2D eigenvalue weighted by molar-refractivity contribution is 0.385. The lowest BCUT2D eigenvalue weighted by Crippen LogP contribution is -1.93. The van der Waals surface area contributed by atoms with E-state index >= 15 is 0 Å². The second-order valence-corrected chi connectivity index (χ2v) is 4.93. The third-order valence-corrected chi connectivity index (χ3v) is 3.29. The molecule has 2 aromatic heterocycles. The second kappa shape index (κ2) is 5.73.